The summed E-state index contributed by atoms with van der Waals surface area (Å²) in [5, 5.41) is 15.1. The second kappa shape index (κ2) is 4.52. The van der Waals surface area contributed by atoms with E-state index in [0.717, 1.165) is 11.5 Å². The monoisotopic (exact) mass is 165 g/mol. The van der Waals surface area contributed by atoms with E-state index in [2.05, 4.69) is 16.5 Å². The van der Waals surface area contributed by atoms with E-state index in [1.807, 2.05) is 13.0 Å². The van der Waals surface area contributed by atoms with Gasteiger partial charge in [0.2, 0.25) is 0 Å². The molecule has 1 heterocycles. The Balaban J connectivity index is 2.21. The molecular formula is C8H11N3O. The van der Waals surface area contributed by atoms with Gasteiger partial charge in [-0.25, -0.2) is 0 Å². The van der Waals surface area contributed by atoms with Crippen LogP contribution >= 0.6 is 0 Å². The Morgan fingerprint density at radius 1 is 1.75 bits per heavy atom. The Morgan fingerprint density at radius 2 is 2.58 bits per heavy atom. The van der Waals surface area contributed by atoms with Crippen LogP contribution in [0.4, 0.5) is 0 Å². The zero-order valence-corrected chi connectivity index (χ0v) is 7.00. The third-order valence-electron chi connectivity index (χ3n) is 1.40. The first-order valence-electron chi connectivity index (χ1n) is 3.83. The highest BCUT2D eigenvalue weighted by Crippen LogP contribution is 2.00. The lowest BCUT2D eigenvalue weighted by atomic mass is 10.3. The Hall–Kier alpha value is -1.34. The molecule has 0 amide bonds. The third kappa shape index (κ3) is 2.72. The number of aromatic nitrogens is 1. The molecule has 64 valence electrons. The molecule has 1 aromatic heterocycles. The van der Waals surface area contributed by atoms with Gasteiger partial charge in [0.15, 0.2) is 0 Å². The van der Waals surface area contributed by atoms with E-state index in [9.17, 15) is 0 Å². The molecule has 0 spiro atoms. The summed E-state index contributed by atoms with van der Waals surface area (Å²) in [6.45, 7) is 3.22. The minimum Gasteiger partial charge on any atom is -0.361 e. The number of hydrogen-bond acceptors (Lipinski definition) is 4. The lowest BCUT2D eigenvalue weighted by Crippen LogP contribution is -2.14. The van der Waals surface area contributed by atoms with Crippen molar-refractivity contribution in [2.75, 3.05) is 6.54 Å². The van der Waals surface area contributed by atoms with Crippen LogP contribution in [0.3, 0.4) is 0 Å². The van der Waals surface area contributed by atoms with Gasteiger partial charge in [0.1, 0.15) is 5.76 Å². The van der Waals surface area contributed by atoms with E-state index >= 15 is 0 Å². The highest BCUT2D eigenvalue weighted by atomic mass is 16.5. The molecule has 0 bridgehead atoms. The van der Waals surface area contributed by atoms with Crippen molar-refractivity contribution in [1.82, 2.24) is 10.5 Å². The fourth-order valence-electron chi connectivity index (χ4n) is 0.862. The van der Waals surface area contributed by atoms with Crippen molar-refractivity contribution in [3.63, 3.8) is 0 Å². The maximum atomic E-state index is 8.24. The molecule has 1 N–H and O–H groups in total. The summed E-state index contributed by atoms with van der Waals surface area (Å²) in [6, 6.07) is 3.93. The molecule has 4 nitrogen and oxygen atoms in total. The van der Waals surface area contributed by atoms with Crippen molar-refractivity contribution in [2.24, 2.45) is 0 Å². The summed E-state index contributed by atoms with van der Waals surface area (Å²) in [4.78, 5) is 0. The molecule has 4 heteroatoms. The maximum Gasteiger partial charge on any atom is 0.133 e. The summed E-state index contributed by atoms with van der Waals surface area (Å²) >= 11 is 0. The number of nitriles is 1. The smallest absolute Gasteiger partial charge is 0.133 e. The first-order valence-corrected chi connectivity index (χ1v) is 3.83. The average Bonchev–Trinajstić information content (AvgIpc) is 2.45. The quantitative estimate of drug-likeness (QED) is 0.676. The molecule has 12 heavy (non-hydrogen) atoms. The molecule has 0 aliphatic rings. The zero-order chi connectivity index (χ0) is 8.81. The Kier molecular flexibility index (Phi) is 3.30. The van der Waals surface area contributed by atoms with Crippen LogP contribution in [-0.2, 0) is 6.54 Å². The Bertz CT molecular complexity index is 274. The van der Waals surface area contributed by atoms with Gasteiger partial charge in [0.05, 0.1) is 11.8 Å². The molecule has 1 aromatic rings. The number of nitrogens with one attached hydrogen (secondary N) is 1. The van der Waals surface area contributed by atoms with Crippen LogP contribution < -0.4 is 5.32 Å². The van der Waals surface area contributed by atoms with Gasteiger partial charge < -0.3 is 9.84 Å². The van der Waals surface area contributed by atoms with Gasteiger partial charge in [0.25, 0.3) is 0 Å². The third-order valence-corrected chi connectivity index (χ3v) is 1.40. The molecule has 1 rings (SSSR count). The molecular weight excluding hydrogens is 154 g/mol. The van der Waals surface area contributed by atoms with Crippen LogP contribution in [0.25, 0.3) is 0 Å². The van der Waals surface area contributed by atoms with E-state index in [-0.39, 0.29) is 0 Å². The lowest BCUT2D eigenvalue weighted by molar-refractivity contribution is 0.388. The minimum atomic E-state index is 0.525. The van der Waals surface area contributed by atoms with Gasteiger partial charge in [-0.15, -0.1) is 0 Å². The van der Waals surface area contributed by atoms with Crippen LogP contribution in [0.5, 0.6) is 0 Å². The van der Waals surface area contributed by atoms with Crippen molar-refractivity contribution >= 4 is 0 Å². The largest absolute Gasteiger partial charge is 0.361 e. The molecule has 0 atom stereocenters. The van der Waals surface area contributed by atoms with Crippen molar-refractivity contribution in [3.05, 3.63) is 17.5 Å². The van der Waals surface area contributed by atoms with E-state index < -0.39 is 0 Å². The second-order valence-corrected chi connectivity index (χ2v) is 2.51. The summed E-state index contributed by atoms with van der Waals surface area (Å²) in [6.07, 6.45) is 0.525. The second-order valence-electron chi connectivity index (χ2n) is 2.51. The summed E-state index contributed by atoms with van der Waals surface area (Å²) in [5.41, 5.74) is 0.880. The van der Waals surface area contributed by atoms with Crippen molar-refractivity contribution < 1.29 is 4.52 Å². The van der Waals surface area contributed by atoms with Crippen molar-refractivity contribution in [2.45, 2.75) is 19.9 Å². The van der Waals surface area contributed by atoms with Gasteiger partial charge in [-0.1, -0.05) is 5.16 Å². The molecule has 0 aliphatic heterocycles. The minimum absolute atomic E-state index is 0.525. The molecule has 0 aliphatic carbocycles. The fourth-order valence-corrected chi connectivity index (χ4v) is 0.862. The topological polar surface area (TPSA) is 61.9 Å². The summed E-state index contributed by atoms with van der Waals surface area (Å²) in [7, 11) is 0. The van der Waals surface area contributed by atoms with Gasteiger partial charge >= 0.3 is 0 Å². The summed E-state index contributed by atoms with van der Waals surface area (Å²) < 4.78 is 4.87. The molecule has 0 fully saturated rings. The van der Waals surface area contributed by atoms with Gasteiger partial charge in [0, 0.05) is 25.6 Å². The van der Waals surface area contributed by atoms with E-state index in [4.69, 9.17) is 9.78 Å². The van der Waals surface area contributed by atoms with Gasteiger partial charge in [-0.05, 0) is 6.92 Å². The number of nitrogens with zero attached hydrogens (tertiary/aromatic N) is 2. The normalized spacial score (nSPS) is 9.67. The fraction of sp³-hybridized carbons (Fsp3) is 0.500. The number of aryl methyl sites for hydroxylation is 1. The van der Waals surface area contributed by atoms with E-state index in [1.165, 1.54) is 0 Å². The van der Waals surface area contributed by atoms with E-state index in [0.29, 0.717) is 19.5 Å². The predicted molar refractivity (Wildman–Crippen MR) is 43.2 cm³/mol. The molecule has 0 radical (unpaired) electrons. The highest BCUT2D eigenvalue weighted by Gasteiger charge is 1.97. The standard InChI is InChI=1S/C8H11N3O/c1-7-5-8(11-12-7)6-10-4-2-3-9/h5,10H,2,4,6H2,1H3. The molecule has 0 aromatic carbocycles. The van der Waals surface area contributed by atoms with Crippen LogP contribution in [-0.4, -0.2) is 11.7 Å². The SMILES string of the molecule is Cc1cc(CNCCC#N)no1. The summed E-state index contributed by atoms with van der Waals surface area (Å²) in [5.74, 6) is 0.812. The Labute approximate surface area is 71.2 Å². The first kappa shape index (κ1) is 8.75. The average molecular weight is 165 g/mol. The van der Waals surface area contributed by atoms with Crippen molar-refractivity contribution in [3.8, 4) is 6.07 Å². The van der Waals surface area contributed by atoms with Crippen LogP contribution in [0.2, 0.25) is 0 Å². The van der Waals surface area contributed by atoms with Gasteiger partial charge in [-0.2, -0.15) is 5.26 Å². The lowest BCUT2D eigenvalue weighted by Gasteiger charge is -1.95. The maximum absolute atomic E-state index is 8.24. The highest BCUT2D eigenvalue weighted by molar-refractivity contribution is 5.02. The zero-order valence-electron chi connectivity index (χ0n) is 7.00. The number of rotatable bonds is 4. The van der Waals surface area contributed by atoms with Crippen molar-refractivity contribution in [1.29, 1.82) is 5.26 Å². The van der Waals surface area contributed by atoms with Gasteiger partial charge in [-0.3, -0.25) is 0 Å². The molecule has 0 unspecified atom stereocenters. The van der Waals surface area contributed by atoms with Crippen LogP contribution in [0.15, 0.2) is 10.6 Å². The number of hydrogen-bond donors (Lipinski definition) is 1. The molecule has 0 saturated carbocycles. The van der Waals surface area contributed by atoms with Crippen LogP contribution in [0, 0.1) is 18.3 Å². The first-order chi connectivity index (χ1) is 5.83. The Morgan fingerprint density at radius 3 is 3.17 bits per heavy atom. The van der Waals surface area contributed by atoms with Crippen LogP contribution in [0.1, 0.15) is 17.9 Å². The predicted octanol–water partition coefficient (Wildman–Crippen LogP) is 0.986. The van der Waals surface area contributed by atoms with E-state index in [1.54, 1.807) is 0 Å². The molecule has 0 saturated heterocycles.